The minimum Gasteiger partial charge on any atom is -0.496 e. The maximum Gasteiger partial charge on any atom is 0.408 e. The van der Waals surface area contributed by atoms with Gasteiger partial charge in [0.15, 0.2) is 0 Å². The van der Waals surface area contributed by atoms with Gasteiger partial charge in [-0.2, -0.15) is 0 Å². The van der Waals surface area contributed by atoms with Crippen molar-refractivity contribution in [3.05, 3.63) is 27.3 Å². The number of methoxy groups -OCH3 is 2. The van der Waals surface area contributed by atoms with Gasteiger partial charge in [-0.3, -0.25) is 0 Å². The van der Waals surface area contributed by atoms with Crippen molar-refractivity contribution in [3.63, 3.8) is 0 Å². The normalized spacial score (nSPS) is 13.6. The molecule has 0 aliphatic heterocycles. The van der Waals surface area contributed by atoms with Crippen molar-refractivity contribution in [2.75, 3.05) is 14.2 Å². The minimum atomic E-state index is -1.24. The van der Waals surface area contributed by atoms with Gasteiger partial charge in [-0.05, 0) is 68.0 Å². The quantitative estimate of drug-likeness (QED) is 0.552. The van der Waals surface area contributed by atoms with Crippen molar-refractivity contribution in [2.24, 2.45) is 0 Å². The Kier molecular flexibility index (Phi) is 6.88. The van der Waals surface area contributed by atoms with Crippen LogP contribution in [0.15, 0.2) is 18.2 Å². The third kappa shape index (κ3) is 5.85. The number of rotatable bonds is 5. The summed E-state index contributed by atoms with van der Waals surface area (Å²) in [6, 6.07) is 5.57. The maximum atomic E-state index is 12.2. The van der Waals surface area contributed by atoms with Crippen LogP contribution in [0.5, 0.6) is 5.75 Å². The smallest absolute Gasteiger partial charge is 0.408 e. The van der Waals surface area contributed by atoms with Crippen molar-refractivity contribution in [2.45, 2.75) is 45.3 Å². The average molecular weight is 449 g/mol. The Labute approximate surface area is 156 Å². The highest BCUT2D eigenvalue weighted by Gasteiger charge is 2.37. The first-order valence-corrected chi connectivity index (χ1v) is 8.50. The van der Waals surface area contributed by atoms with Gasteiger partial charge in [-0.1, -0.05) is 6.07 Å². The Morgan fingerprint density at radius 2 is 1.79 bits per heavy atom. The van der Waals surface area contributed by atoms with Crippen LogP contribution in [0.4, 0.5) is 4.79 Å². The van der Waals surface area contributed by atoms with Crippen LogP contribution >= 0.6 is 22.6 Å². The first-order chi connectivity index (χ1) is 11.0. The average Bonchev–Trinajstić information content (AvgIpc) is 2.44. The lowest BCUT2D eigenvalue weighted by molar-refractivity contribution is -0.147. The molecule has 0 saturated carbocycles. The number of nitrogens with one attached hydrogen (secondary N) is 1. The number of carbonyl (C=O) groups excluding carboxylic acids is 2. The maximum absolute atomic E-state index is 12.2. The van der Waals surface area contributed by atoms with E-state index in [4.69, 9.17) is 14.2 Å². The molecule has 6 nitrogen and oxygen atoms in total. The van der Waals surface area contributed by atoms with Crippen LogP contribution in [0, 0.1) is 3.57 Å². The minimum absolute atomic E-state index is 0.263. The van der Waals surface area contributed by atoms with E-state index in [0.717, 1.165) is 14.9 Å². The van der Waals surface area contributed by atoms with Crippen molar-refractivity contribution in [3.8, 4) is 5.75 Å². The van der Waals surface area contributed by atoms with Gasteiger partial charge < -0.3 is 19.5 Å². The van der Waals surface area contributed by atoms with Crippen molar-refractivity contribution < 1.29 is 23.8 Å². The van der Waals surface area contributed by atoms with Crippen molar-refractivity contribution in [1.82, 2.24) is 5.32 Å². The highest BCUT2D eigenvalue weighted by atomic mass is 127. The van der Waals surface area contributed by atoms with E-state index in [2.05, 4.69) is 27.9 Å². The van der Waals surface area contributed by atoms with Gasteiger partial charge >= 0.3 is 12.1 Å². The van der Waals surface area contributed by atoms with Crippen LogP contribution in [-0.4, -0.2) is 37.4 Å². The van der Waals surface area contributed by atoms with Crippen LogP contribution in [0.2, 0.25) is 0 Å². The number of hydrogen-bond acceptors (Lipinski definition) is 5. The number of carbonyl (C=O) groups is 2. The molecule has 1 aromatic carbocycles. The molecule has 7 heteroatoms. The van der Waals surface area contributed by atoms with Gasteiger partial charge in [-0.25, -0.2) is 9.59 Å². The SMILES string of the molecule is COC(=O)[C@@](C)(Cc1ccc(OC)c(I)c1)NC(=O)OC(C)(C)C. The molecule has 0 aromatic heterocycles. The molecule has 0 radical (unpaired) electrons. The van der Waals surface area contributed by atoms with Gasteiger partial charge in [0, 0.05) is 6.42 Å². The monoisotopic (exact) mass is 449 g/mol. The van der Waals surface area contributed by atoms with Gasteiger partial charge in [0.05, 0.1) is 17.8 Å². The number of ether oxygens (including phenoxy) is 3. The Morgan fingerprint density at radius 1 is 1.17 bits per heavy atom. The fourth-order valence-corrected chi connectivity index (χ4v) is 2.95. The van der Waals surface area contributed by atoms with E-state index in [0.29, 0.717) is 0 Å². The number of alkyl carbamates (subject to hydrolysis) is 1. The number of benzene rings is 1. The number of halogens is 1. The van der Waals surface area contributed by atoms with E-state index in [1.54, 1.807) is 34.8 Å². The first-order valence-electron chi connectivity index (χ1n) is 7.43. The van der Waals surface area contributed by atoms with E-state index in [9.17, 15) is 9.59 Å². The molecule has 0 saturated heterocycles. The van der Waals surface area contributed by atoms with Crippen LogP contribution in [0.25, 0.3) is 0 Å². The van der Waals surface area contributed by atoms with Gasteiger partial charge in [0.25, 0.3) is 0 Å². The van der Waals surface area contributed by atoms with E-state index in [-0.39, 0.29) is 6.42 Å². The molecule has 1 rings (SSSR count). The molecule has 0 spiro atoms. The highest BCUT2D eigenvalue weighted by Crippen LogP contribution is 2.24. The first kappa shape index (κ1) is 20.5. The summed E-state index contributed by atoms with van der Waals surface area (Å²) in [4.78, 5) is 24.3. The van der Waals surface area contributed by atoms with Gasteiger partial charge in [0.2, 0.25) is 0 Å². The zero-order chi connectivity index (χ0) is 18.5. The third-order valence-corrected chi connectivity index (χ3v) is 4.03. The molecule has 0 aliphatic carbocycles. The highest BCUT2D eigenvalue weighted by molar-refractivity contribution is 14.1. The summed E-state index contributed by atoms with van der Waals surface area (Å²) in [5, 5.41) is 2.63. The zero-order valence-corrected chi connectivity index (χ0v) is 17.0. The summed E-state index contributed by atoms with van der Waals surface area (Å²) in [5.41, 5.74) is -1.03. The summed E-state index contributed by atoms with van der Waals surface area (Å²) in [6.07, 6.45) is -0.405. The second-order valence-corrected chi connectivity index (χ2v) is 7.76. The van der Waals surface area contributed by atoms with Crippen molar-refractivity contribution in [1.29, 1.82) is 0 Å². The molecular weight excluding hydrogens is 425 g/mol. The Balaban J connectivity index is 3.02. The molecule has 1 N–H and O–H groups in total. The van der Waals surface area contributed by atoms with Crippen LogP contribution in [0.1, 0.15) is 33.3 Å². The third-order valence-electron chi connectivity index (χ3n) is 3.19. The second kappa shape index (κ2) is 8.04. The molecule has 0 bridgehead atoms. The molecular formula is C17H24INO5. The fraction of sp³-hybridized carbons (Fsp3) is 0.529. The number of esters is 1. The van der Waals surface area contributed by atoms with Crippen LogP contribution in [-0.2, 0) is 20.7 Å². The van der Waals surface area contributed by atoms with E-state index in [1.165, 1.54) is 7.11 Å². The molecule has 0 aliphatic rings. The molecule has 0 fully saturated rings. The lowest BCUT2D eigenvalue weighted by atomic mass is 9.93. The topological polar surface area (TPSA) is 73.9 Å². The number of hydrogen-bond donors (Lipinski definition) is 1. The van der Waals surface area contributed by atoms with E-state index >= 15 is 0 Å². The Hall–Kier alpha value is -1.51. The summed E-state index contributed by atoms with van der Waals surface area (Å²) in [5.74, 6) is 0.207. The zero-order valence-electron chi connectivity index (χ0n) is 14.9. The molecule has 134 valence electrons. The standard InChI is InChI=1S/C17H24INO5/c1-16(2,3)24-15(21)19-17(4,14(20)23-6)10-11-7-8-13(22-5)12(18)9-11/h7-9H,10H2,1-6H3,(H,19,21)/t17-/m1/s1. The Bertz CT molecular complexity index is 611. The fourth-order valence-electron chi connectivity index (χ4n) is 2.15. The molecule has 0 unspecified atom stereocenters. The Morgan fingerprint density at radius 3 is 2.25 bits per heavy atom. The van der Waals surface area contributed by atoms with Gasteiger partial charge in [0.1, 0.15) is 16.9 Å². The predicted molar refractivity (Wildman–Crippen MR) is 99.2 cm³/mol. The second-order valence-electron chi connectivity index (χ2n) is 6.60. The van der Waals surface area contributed by atoms with Crippen LogP contribution < -0.4 is 10.1 Å². The largest absolute Gasteiger partial charge is 0.496 e. The molecule has 0 heterocycles. The molecule has 1 amide bonds. The summed E-state index contributed by atoms with van der Waals surface area (Å²) in [7, 11) is 2.88. The van der Waals surface area contributed by atoms with Crippen LogP contribution in [0.3, 0.4) is 0 Å². The molecule has 1 atom stereocenters. The van der Waals surface area contributed by atoms with E-state index in [1.807, 2.05) is 18.2 Å². The predicted octanol–water partition coefficient (Wildman–Crippen LogP) is 3.30. The van der Waals surface area contributed by atoms with Crippen molar-refractivity contribution >= 4 is 34.7 Å². The lowest BCUT2D eigenvalue weighted by Crippen LogP contribution is -2.55. The van der Waals surface area contributed by atoms with E-state index < -0.39 is 23.2 Å². The summed E-state index contributed by atoms with van der Waals surface area (Å²) in [6.45, 7) is 6.88. The molecule has 24 heavy (non-hydrogen) atoms. The summed E-state index contributed by atoms with van der Waals surface area (Å²) >= 11 is 2.15. The summed E-state index contributed by atoms with van der Waals surface area (Å²) < 4.78 is 16.2. The number of amides is 1. The molecule has 1 aromatic rings. The van der Waals surface area contributed by atoms with Gasteiger partial charge in [-0.15, -0.1) is 0 Å². The lowest BCUT2D eigenvalue weighted by Gasteiger charge is -2.30.